The average Bonchev–Trinajstić information content (AvgIpc) is 2.39. The van der Waals surface area contributed by atoms with Crippen LogP contribution in [0.5, 0.6) is 0 Å². The van der Waals surface area contributed by atoms with Crippen LogP contribution in [0.15, 0.2) is 42.7 Å². The lowest BCUT2D eigenvalue weighted by Gasteiger charge is -2.14. The molecule has 1 aromatic heterocycles. The first-order valence-corrected chi connectivity index (χ1v) is 6.19. The maximum atomic E-state index is 12.2. The molecule has 0 aliphatic rings. The Morgan fingerprint density at radius 3 is 2.68 bits per heavy atom. The van der Waals surface area contributed by atoms with Gasteiger partial charge in [0.15, 0.2) is 0 Å². The summed E-state index contributed by atoms with van der Waals surface area (Å²) < 4.78 is 0. The second-order valence-corrected chi connectivity index (χ2v) is 4.66. The summed E-state index contributed by atoms with van der Waals surface area (Å²) in [6, 6.07) is 9.37. The van der Waals surface area contributed by atoms with E-state index in [1.54, 1.807) is 12.3 Å². The number of carbonyl (C=O) groups is 1. The van der Waals surface area contributed by atoms with E-state index in [0.29, 0.717) is 17.2 Å². The lowest BCUT2D eigenvalue weighted by molar-refractivity contribution is 0.102. The summed E-state index contributed by atoms with van der Waals surface area (Å²) in [4.78, 5) is 16.1. The Morgan fingerprint density at radius 1 is 1.26 bits per heavy atom. The van der Waals surface area contributed by atoms with Crippen molar-refractivity contribution in [2.45, 2.75) is 19.8 Å². The predicted molar refractivity (Wildman–Crippen MR) is 77.1 cm³/mol. The zero-order chi connectivity index (χ0) is 13.8. The van der Waals surface area contributed by atoms with Crippen LogP contribution >= 0.6 is 0 Å². The molecular formula is C15H17N3O. The number of nitrogen functional groups attached to an aromatic ring is 1. The molecule has 0 aliphatic heterocycles. The molecule has 2 aromatic rings. The summed E-state index contributed by atoms with van der Waals surface area (Å²) >= 11 is 0. The van der Waals surface area contributed by atoms with Gasteiger partial charge in [0, 0.05) is 23.8 Å². The Morgan fingerprint density at radius 2 is 2.00 bits per heavy atom. The van der Waals surface area contributed by atoms with Crippen molar-refractivity contribution in [1.29, 1.82) is 0 Å². The van der Waals surface area contributed by atoms with E-state index in [-0.39, 0.29) is 5.91 Å². The Balaban J connectivity index is 2.27. The maximum Gasteiger partial charge on any atom is 0.259 e. The summed E-state index contributed by atoms with van der Waals surface area (Å²) in [6.45, 7) is 4.17. The summed E-state index contributed by atoms with van der Waals surface area (Å²) in [6.07, 6.45) is 3.04. The highest BCUT2D eigenvalue weighted by Crippen LogP contribution is 2.24. The van der Waals surface area contributed by atoms with E-state index in [0.717, 1.165) is 11.3 Å². The van der Waals surface area contributed by atoms with E-state index >= 15 is 0 Å². The molecular weight excluding hydrogens is 238 g/mol. The van der Waals surface area contributed by atoms with Gasteiger partial charge in [-0.15, -0.1) is 0 Å². The van der Waals surface area contributed by atoms with E-state index in [2.05, 4.69) is 24.1 Å². The molecule has 1 amide bonds. The van der Waals surface area contributed by atoms with Gasteiger partial charge in [0.2, 0.25) is 0 Å². The van der Waals surface area contributed by atoms with Gasteiger partial charge >= 0.3 is 0 Å². The molecule has 0 fully saturated rings. The molecule has 0 aliphatic carbocycles. The number of pyridine rings is 1. The molecule has 2 rings (SSSR count). The average molecular weight is 255 g/mol. The normalized spacial score (nSPS) is 10.5. The second kappa shape index (κ2) is 5.52. The van der Waals surface area contributed by atoms with Crippen LogP contribution in [0.3, 0.4) is 0 Å². The van der Waals surface area contributed by atoms with Crippen molar-refractivity contribution < 1.29 is 4.79 Å². The van der Waals surface area contributed by atoms with Crippen molar-refractivity contribution in [3.8, 4) is 0 Å². The predicted octanol–water partition coefficient (Wildman–Crippen LogP) is 3.04. The summed E-state index contributed by atoms with van der Waals surface area (Å²) in [5.74, 6) is 0.0986. The third-order valence-corrected chi connectivity index (χ3v) is 2.93. The zero-order valence-electron chi connectivity index (χ0n) is 11.1. The van der Waals surface area contributed by atoms with E-state index in [1.807, 2.05) is 24.3 Å². The maximum absolute atomic E-state index is 12.2. The quantitative estimate of drug-likeness (QED) is 0.885. The van der Waals surface area contributed by atoms with Crippen LogP contribution in [0.1, 0.15) is 35.7 Å². The largest absolute Gasteiger partial charge is 0.398 e. The Hall–Kier alpha value is -2.36. The van der Waals surface area contributed by atoms with E-state index in [1.165, 1.54) is 6.20 Å². The van der Waals surface area contributed by atoms with Crippen LogP contribution in [0.4, 0.5) is 11.4 Å². The van der Waals surface area contributed by atoms with Crippen molar-refractivity contribution in [1.82, 2.24) is 4.98 Å². The zero-order valence-corrected chi connectivity index (χ0v) is 11.1. The number of nitrogens with two attached hydrogens (primary N) is 1. The van der Waals surface area contributed by atoms with E-state index in [9.17, 15) is 4.79 Å². The molecule has 0 bridgehead atoms. The number of hydrogen-bond donors (Lipinski definition) is 2. The Labute approximate surface area is 112 Å². The minimum atomic E-state index is -0.237. The SMILES string of the molecule is CC(C)c1ccccc1NC(=O)c1cnccc1N. The van der Waals surface area contributed by atoms with Gasteiger partial charge in [0.1, 0.15) is 0 Å². The van der Waals surface area contributed by atoms with Crippen LogP contribution in [0, 0.1) is 0 Å². The third-order valence-electron chi connectivity index (χ3n) is 2.93. The molecule has 0 atom stereocenters. The van der Waals surface area contributed by atoms with Crippen LogP contribution in [-0.4, -0.2) is 10.9 Å². The topological polar surface area (TPSA) is 68.0 Å². The lowest BCUT2D eigenvalue weighted by Crippen LogP contribution is -2.15. The third kappa shape index (κ3) is 2.91. The number of benzene rings is 1. The molecule has 0 radical (unpaired) electrons. The van der Waals surface area contributed by atoms with E-state index < -0.39 is 0 Å². The highest BCUT2D eigenvalue weighted by molar-refractivity contribution is 6.07. The number of aromatic nitrogens is 1. The second-order valence-electron chi connectivity index (χ2n) is 4.66. The number of nitrogens with one attached hydrogen (secondary N) is 1. The molecule has 0 saturated heterocycles. The van der Waals surface area contributed by atoms with Gasteiger partial charge in [-0.2, -0.15) is 0 Å². The number of carbonyl (C=O) groups excluding carboxylic acids is 1. The number of para-hydroxylation sites is 1. The first-order valence-electron chi connectivity index (χ1n) is 6.19. The van der Waals surface area contributed by atoms with Gasteiger partial charge in [-0.3, -0.25) is 9.78 Å². The van der Waals surface area contributed by atoms with Crippen LogP contribution in [0.2, 0.25) is 0 Å². The molecule has 4 nitrogen and oxygen atoms in total. The van der Waals surface area contributed by atoms with Gasteiger partial charge in [0.25, 0.3) is 5.91 Å². The molecule has 0 saturated carbocycles. The fraction of sp³-hybridized carbons (Fsp3) is 0.200. The standard InChI is InChI=1S/C15H17N3O/c1-10(2)11-5-3-4-6-14(11)18-15(19)12-9-17-8-7-13(12)16/h3-10H,1-2H3,(H2,16,17)(H,18,19). The highest BCUT2D eigenvalue weighted by Gasteiger charge is 2.12. The molecule has 4 heteroatoms. The molecule has 0 spiro atoms. The van der Waals surface area contributed by atoms with Crippen molar-refractivity contribution in [2.24, 2.45) is 0 Å². The Bertz CT molecular complexity index is 593. The molecule has 1 aromatic carbocycles. The summed E-state index contributed by atoms with van der Waals surface area (Å²) in [5, 5.41) is 2.89. The number of amides is 1. The van der Waals surface area contributed by atoms with Gasteiger partial charge < -0.3 is 11.1 Å². The fourth-order valence-corrected chi connectivity index (χ4v) is 1.90. The molecule has 0 unspecified atom stereocenters. The van der Waals surface area contributed by atoms with Gasteiger partial charge in [-0.05, 0) is 23.6 Å². The van der Waals surface area contributed by atoms with Crippen LogP contribution in [0.25, 0.3) is 0 Å². The lowest BCUT2D eigenvalue weighted by atomic mass is 10.0. The van der Waals surface area contributed by atoms with Crippen molar-refractivity contribution in [3.05, 3.63) is 53.9 Å². The number of anilines is 2. The highest BCUT2D eigenvalue weighted by atomic mass is 16.1. The molecule has 98 valence electrons. The first kappa shape index (κ1) is 13.1. The summed E-state index contributed by atoms with van der Waals surface area (Å²) in [5.41, 5.74) is 8.49. The smallest absolute Gasteiger partial charge is 0.259 e. The minimum Gasteiger partial charge on any atom is -0.398 e. The van der Waals surface area contributed by atoms with Crippen molar-refractivity contribution >= 4 is 17.3 Å². The van der Waals surface area contributed by atoms with Gasteiger partial charge in [0.05, 0.1) is 5.56 Å². The molecule has 19 heavy (non-hydrogen) atoms. The van der Waals surface area contributed by atoms with E-state index in [4.69, 9.17) is 5.73 Å². The number of hydrogen-bond acceptors (Lipinski definition) is 3. The van der Waals surface area contributed by atoms with Crippen LogP contribution < -0.4 is 11.1 Å². The Kier molecular flexibility index (Phi) is 3.80. The monoisotopic (exact) mass is 255 g/mol. The van der Waals surface area contributed by atoms with Gasteiger partial charge in [-0.1, -0.05) is 32.0 Å². The number of nitrogens with zero attached hydrogens (tertiary/aromatic N) is 1. The molecule has 3 N–H and O–H groups in total. The number of rotatable bonds is 3. The fourth-order valence-electron chi connectivity index (χ4n) is 1.90. The minimum absolute atomic E-state index is 0.237. The van der Waals surface area contributed by atoms with Crippen LogP contribution in [-0.2, 0) is 0 Å². The molecule has 1 heterocycles. The van der Waals surface area contributed by atoms with Crippen molar-refractivity contribution in [2.75, 3.05) is 11.1 Å². The first-order chi connectivity index (χ1) is 9.09. The summed E-state index contributed by atoms with van der Waals surface area (Å²) in [7, 11) is 0. The van der Waals surface area contributed by atoms with Gasteiger partial charge in [-0.25, -0.2) is 0 Å². The van der Waals surface area contributed by atoms with Crippen molar-refractivity contribution in [3.63, 3.8) is 0 Å².